The van der Waals surface area contributed by atoms with Gasteiger partial charge in [0.1, 0.15) is 5.84 Å². The van der Waals surface area contributed by atoms with E-state index >= 15 is 0 Å². The summed E-state index contributed by atoms with van der Waals surface area (Å²) in [5.41, 5.74) is 10.6. The average Bonchev–Trinajstić information content (AvgIpc) is 3.33. The maximum atomic E-state index is 7.81. The van der Waals surface area contributed by atoms with E-state index in [4.69, 9.17) is 11.1 Å². The first-order valence-electron chi connectivity index (χ1n) is 8.93. The zero-order chi connectivity index (χ0) is 17.4. The highest BCUT2D eigenvalue weighted by Gasteiger charge is 2.36. The molecule has 0 saturated heterocycles. The summed E-state index contributed by atoms with van der Waals surface area (Å²) in [6.45, 7) is 3.16. The third-order valence-electron chi connectivity index (χ3n) is 5.39. The summed E-state index contributed by atoms with van der Waals surface area (Å²) in [5.74, 6) is 0.138. The Labute approximate surface area is 152 Å². The number of aromatic nitrogens is 1. The zero-order valence-corrected chi connectivity index (χ0v) is 15.3. The molecule has 1 aliphatic rings. The van der Waals surface area contributed by atoms with E-state index in [1.807, 2.05) is 5.38 Å². The lowest BCUT2D eigenvalue weighted by atomic mass is 9.87. The van der Waals surface area contributed by atoms with Crippen LogP contribution in [-0.2, 0) is 5.54 Å². The number of nitrogens with two attached hydrogens (primary N) is 1. The lowest BCUT2D eigenvalue weighted by Gasteiger charge is -2.30. The Hall–Kier alpha value is -2.11. The molecule has 5 N–H and O–H groups in total. The average molecular weight is 353 g/mol. The van der Waals surface area contributed by atoms with Crippen molar-refractivity contribution >= 4 is 28.1 Å². The van der Waals surface area contributed by atoms with Gasteiger partial charge < -0.3 is 16.0 Å². The molecule has 0 spiro atoms. The van der Waals surface area contributed by atoms with Crippen LogP contribution < -0.4 is 11.1 Å². The Kier molecular flexibility index (Phi) is 4.13. The van der Waals surface area contributed by atoms with Crippen molar-refractivity contribution in [3.63, 3.8) is 0 Å². The standard InChI is InChI=1S/C20H24N4S/c1-2-24-20(8-3-4-9-20)16-12-23-17-6-5-13(11-15(16)17)14-7-10-25-18(14)19(21)22/h5-7,10-12,23-24H,2-4,8-9H2,1H3,(H3,21,22). The molecule has 2 aromatic heterocycles. The van der Waals surface area contributed by atoms with Crippen LogP contribution in [0.2, 0.25) is 0 Å². The SMILES string of the molecule is CCNC1(c2c[nH]c3ccc(-c4ccsc4C(=N)N)cc23)CCCC1. The number of H-pyrrole nitrogens is 1. The molecule has 4 nitrogen and oxygen atoms in total. The lowest BCUT2D eigenvalue weighted by molar-refractivity contribution is 0.353. The van der Waals surface area contributed by atoms with Gasteiger partial charge in [-0.05, 0) is 54.1 Å². The molecule has 2 heterocycles. The molecule has 3 aromatic rings. The van der Waals surface area contributed by atoms with Gasteiger partial charge in [-0.15, -0.1) is 11.3 Å². The van der Waals surface area contributed by atoms with Gasteiger partial charge in [-0.1, -0.05) is 25.8 Å². The normalized spacial score (nSPS) is 16.5. The minimum absolute atomic E-state index is 0.0870. The minimum atomic E-state index is 0.0870. The Morgan fingerprint density at radius 1 is 1.32 bits per heavy atom. The Morgan fingerprint density at radius 2 is 2.12 bits per heavy atom. The molecule has 4 rings (SSSR count). The summed E-state index contributed by atoms with van der Waals surface area (Å²) in [6.07, 6.45) is 7.11. The maximum Gasteiger partial charge on any atom is 0.133 e. The number of hydrogen-bond donors (Lipinski definition) is 4. The summed E-state index contributed by atoms with van der Waals surface area (Å²) in [5, 5.41) is 14.9. The highest BCUT2D eigenvalue weighted by Crippen LogP contribution is 2.42. The van der Waals surface area contributed by atoms with Crippen molar-refractivity contribution in [3.8, 4) is 11.1 Å². The van der Waals surface area contributed by atoms with Gasteiger partial charge in [-0.25, -0.2) is 0 Å². The van der Waals surface area contributed by atoms with Crippen LogP contribution in [-0.4, -0.2) is 17.4 Å². The molecule has 25 heavy (non-hydrogen) atoms. The number of fused-ring (bicyclic) bond motifs is 1. The number of amidine groups is 1. The molecule has 0 amide bonds. The highest BCUT2D eigenvalue weighted by atomic mass is 32.1. The van der Waals surface area contributed by atoms with Crippen molar-refractivity contribution in [1.29, 1.82) is 5.41 Å². The number of rotatable bonds is 5. The number of hydrogen-bond acceptors (Lipinski definition) is 3. The number of thiophene rings is 1. The van der Waals surface area contributed by atoms with Crippen molar-refractivity contribution in [2.24, 2.45) is 5.73 Å². The van der Waals surface area contributed by atoms with E-state index in [2.05, 4.69) is 47.7 Å². The summed E-state index contributed by atoms with van der Waals surface area (Å²) in [6, 6.07) is 8.58. The number of aromatic amines is 1. The first-order valence-corrected chi connectivity index (χ1v) is 9.81. The molecule has 0 unspecified atom stereocenters. The first kappa shape index (κ1) is 16.4. The van der Waals surface area contributed by atoms with Gasteiger partial charge in [0.25, 0.3) is 0 Å². The van der Waals surface area contributed by atoms with Crippen LogP contribution in [0.5, 0.6) is 0 Å². The first-order chi connectivity index (χ1) is 12.1. The van der Waals surface area contributed by atoms with E-state index in [-0.39, 0.29) is 11.4 Å². The fourth-order valence-corrected chi connectivity index (χ4v) is 5.07. The van der Waals surface area contributed by atoms with Crippen molar-refractivity contribution < 1.29 is 0 Å². The van der Waals surface area contributed by atoms with Crippen LogP contribution in [0.3, 0.4) is 0 Å². The molecule has 1 saturated carbocycles. The summed E-state index contributed by atoms with van der Waals surface area (Å²) in [4.78, 5) is 4.30. The van der Waals surface area contributed by atoms with Gasteiger partial charge in [0, 0.05) is 28.2 Å². The van der Waals surface area contributed by atoms with Crippen LogP contribution in [0.15, 0.2) is 35.8 Å². The third kappa shape index (κ3) is 2.68. The monoisotopic (exact) mass is 352 g/mol. The van der Waals surface area contributed by atoms with Crippen molar-refractivity contribution in [2.45, 2.75) is 38.1 Å². The van der Waals surface area contributed by atoms with Gasteiger partial charge in [0.05, 0.1) is 4.88 Å². The molecule has 0 atom stereocenters. The molecular formula is C20H24N4S. The topological polar surface area (TPSA) is 77.7 Å². The molecule has 5 heteroatoms. The molecule has 0 bridgehead atoms. The van der Waals surface area contributed by atoms with Gasteiger partial charge >= 0.3 is 0 Å². The maximum absolute atomic E-state index is 7.81. The van der Waals surface area contributed by atoms with Gasteiger partial charge in [0.2, 0.25) is 0 Å². The molecule has 1 aromatic carbocycles. The minimum Gasteiger partial charge on any atom is -0.383 e. The van der Waals surface area contributed by atoms with Crippen LogP contribution in [0.1, 0.15) is 43.0 Å². The Bertz CT molecular complexity index is 915. The molecule has 130 valence electrons. The van der Waals surface area contributed by atoms with Crippen LogP contribution in [0.25, 0.3) is 22.0 Å². The van der Waals surface area contributed by atoms with Crippen molar-refractivity contribution in [1.82, 2.24) is 10.3 Å². The fourth-order valence-electron chi connectivity index (χ4n) is 4.29. The summed E-state index contributed by atoms with van der Waals surface area (Å²) < 4.78 is 0. The number of benzene rings is 1. The van der Waals surface area contributed by atoms with E-state index in [1.165, 1.54) is 53.5 Å². The van der Waals surface area contributed by atoms with Crippen molar-refractivity contribution in [3.05, 3.63) is 46.3 Å². The van der Waals surface area contributed by atoms with Crippen LogP contribution in [0.4, 0.5) is 0 Å². The third-order valence-corrected chi connectivity index (χ3v) is 6.34. The summed E-state index contributed by atoms with van der Waals surface area (Å²) in [7, 11) is 0. The Morgan fingerprint density at radius 3 is 2.84 bits per heavy atom. The van der Waals surface area contributed by atoms with Gasteiger partial charge in [-0.2, -0.15) is 0 Å². The molecule has 1 aliphatic carbocycles. The van der Waals surface area contributed by atoms with Gasteiger partial charge in [-0.3, -0.25) is 5.41 Å². The second-order valence-electron chi connectivity index (χ2n) is 6.86. The van der Waals surface area contributed by atoms with Gasteiger partial charge in [0.15, 0.2) is 0 Å². The van der Waals surface area contributed by atoms with Crippen LogP contribution >= 0.6 is 11.3 Å². The summed E-state index contributed by atoms with van der Waals surface area (Å²) >= 11 is 1.53. The van der Waals surface area contributed by atoms with Crippen LogP contribution in [0, 0.1) is 5.41 Å². The van der Waals surface area contributed by atoms with E-state index in [9.17, 15) is 0 Å². The fraction of sp³-hybridized carbons (Fsp3) is 0.350. The predicted octanol–water partition coefficient (Wildman–Crippen LogP) is 4.56. The number of nitrogen functional groups attached to an aromatic ring is 1. The van der Waals surface area contributed by atoms with E-state index < -0.39 is 0 Å². The van der Waals surface area contributed by atoms with Crippen molar-refractivity contribution in [2.75, 3.05) is 6.54 Å². The lowest BCUT2D eigenvalue weighted by Crippen LogP contribution is -2.39. The quantitative estimate of drug-likeness (QED) is 0.401. The second kappa shape index (κ2) is 6.32. The predicted molar refractivity (Wildman–Crippen MR) is 106 cm³/mol. The molecular weight excluding hydrogens is 328 g/mol. The largest absolute Gasteiger partial charge is 0.383 e. The zero-order valence-electron chi connectivity index (χ0n) is 14.5. The Balaban J connectivity index is 1.86. The van der Waals surface area contributed by atoms with E-state index in [1.54, 1.807) is 0 Å². The number of nitrogens with one attached hydrogen (secondary N) is 3. The molecule has 0 aliphatic heterocycles. The molecule has 0 radical (unpaired) electrons. The molecule has 1 fully saturated rings. The van der Waals surface area contributed by atoms with E-state index in [0.29, 0.717) is 0 Å². The van der Waals surface area contributed by atoms with E-state index in [0.717, 1.165) is 22.5 Å². The smallest absolute Gasteiger partial charge is 0.133 e. The second-order valence-corrected chi connectivity index (χ2v) is 7.78. The highest BCUT2D eigenvalue weighted by molar-refractivity contribution is 7.12.